The Bertz CT molecular complexity index is 142. The lowest BCUT2D eigenvalue weighted by Gasteiger charge is -2.34. The first-order chi connectivity index (χ1) is 4.93. The summed E-state index contributed by atoms with van der Waals surface area (Å²) in [6, 6.07) is 0.544. The molecule has 1 rings (SSSR count). The van der Waals surface area contributed by atoms with Gasteiger partial charge >= 0.3 is 0 Å². The quantitative estimate of drug-likeness (QED) is 0.619. The van der Waals surface area contributed by atoms with Gasteiger partial charge in [-0.05, 0) is 34.1 Å². The van der Waals surface area contributed by atoms with Gasteiger partial charge in [-0.25, -0.2) is 0 Å². The molecule has 1 heterocycles. The highest BCUT2D eigenvalue weighted by atomic mass is 16.3. The molecule has 0 aromatic rings. The van der Waals surface area contributed by atoms with Crippen LogP contribution in [0, 0.1) is 0 Å². The predicted molar refractivity (Wildman–Crippen MR) is 46.5 cm³/mol. The Hall–Kier alpha value is -0.0800. The molecule has 0 bridgehead atoms. The van der Waals surface area contributed by atoms with E-state index in [2.05, 4.69) is 32.6 Å². The smallest absolute Gasteiger partial charge is 0.0684 e. The van der Waals surface area contributed by atoms with E-state index in [0.717, 1.165) is 13.0 Å². The summed E-state index contributed by atoms with van der Waals surface area (Å²) in [5.74, 6) is 0. The molecule has 2 nitrogen and oxygen atoms in total. The topological polar surface area (TPSA) is 23.5 Å². The first kappa shape index (κ1) is 9.01. The van der Waals surface area contributed by atoms with Crippen molar-refractivity contribution in [1.82, 2.24) is 4.90 Å². The van der Waals surface area contributed by atoms with Crippen LogP contribution in [0.25, 0.3) is 0 Å². The predicted octanol–water partition coefficient (Wildman–Crippen LogP) is 1.24. The third-order valence-electron chi connectivity index (χ3n) is 2.54. The van der Waals surface area contributed by atoms with Gasteiger partial charge in [0.25, 0.3) is 0 Å². The summed E-state index contributed by atoms with van der Waals surface area (Å²) >= 11 is 0. The summed E-state index contributed by atoms with van der Waals surface area (Å²) in [4.78, 5) is 2.36. The largest absolute Gasteiger partial charge is 0.392 e. The number of aliphatic hydroxyl groups is 1. The monoisotopic (exact) mass is 157 g/mol. The Labute approximate surface area is 69.2 Å². The molecule has 1 aliphatic rings. The van der Waals surface area contributed by atoms with Gasteiger partial charge < -0.3 is 5.11 Å². The van der Waals surface area contributed by atoms with Gasteiger partial charge in [0.15, 0.2) is 0 Å². The van der Waals surface area contributed by atoms with Gasteiger partial charge in [-0.2, -0.15) is 0 Å². The minimum absolute atomic E-state index is 0.118. The Morgan fingerprint density at radius 3 is 2.18 bits per heavy atom. The second-order valence-corrected chi connectivity index (χ2v) is 4.42. The zero-order valence-corrected chi connectivity index (χ0v) is 7.96. The van der Waals surface area contributed by atoms with Gasteiger partial charge in [-0.15, -0.1) is 0 Å². The molecule has 0 radical (unpaired) electrons. The zero-order valence-electron chi connectivity index (χ0n) is 7.96. The van der Waals surface area contributed by atoms with Crippen molar-refractivity contribution < 1.29 is 5.11 Å². The molecule has 0 aromatic carbocycles. The van der Waals surface area contributed by atoms with Crippen molar-refractivity contribution in [2.24, 2.45) is 0 Å². The summed E-state index contributed by atoms with van der Waals surface area (Å²) in [5.41, 5.74) is 0.188. The summed E-state index contributed by atoms with van der Waals surface area (Å²) < 4.78 is 0. The van der Waals surface area contributed by atoms with Gasteiger partial charge in [0.2, 0.25) is 0 Å². The van der Waals surface area contributed by atoms with Crippen LogP contribution < -0.4 is 0 Å². The van der Waals surface area contributed by atoms with E-state index >= 15 is 0 Å². The van der Waals surface area contributed by atoms with Crippen LogP contribution in [0.4, 0.5) is 0 Å². The third kappa shape index (κ3) is 1.74. The van der Waals surface area contributed by atoms with E-state index in [0.29, 0.717) is 6.04 Å². The number of likely N-dealkylation sites (tertiary alicyclic amines) is 1. The molecule has 1 unspecified atom stereocenters. The second kappa shape index (κ2) is 2.76. The van der Waals surface area contributed by atoms with E-state index in [4.69, 9.17) is 0 Å². The molecule has 0 spiro atoms. The SMILES string of the molecule is CC(C)N1CC(O)CC1(C)C. The van der Waals surface area contributed by atoms with Gasteiger partial charge in [-0.1, -0.05) is 0 Å². The van der Waals surface area contributed by atoms with E-state index in [1.807, 2.05) is 0 Å². The molecule has 1 fully saturated rings. The molecule has 66 valence electrons. The van der Waals surface area contributed by atoms with E-state index in [1.54, 1.807) is 0 Å². The summed E-state index contributed by atoms with van der Waals surface area (Å²) in [6.45, 7) is 9.59. The van der Waals surface area contributed by atoms with Crippen LogP contribution in [0.1, 0.15) is 34.1 Å². The van der Waals surface area contributed by atoms with Crippen LogP contribution in [0.3, 0.4) is 0 Å². The van der Waals surface area contributed by atoms with Gasteiger partial charge in [0.05, 0.1) is 6.10 Å². The number of hydrogen-bond acceptors (Lipinski definition) is 2. The highest BCUT2D eigenvalue weighted by Crippen LogP contribution is 2.30. The number of β-amino-alcohol motifs (C(OH)–C–C–N with tert-alkyl or cyclic N) is 1. The molecule has 2 heteroatoms. The lowest BCUT2D eigenvalue weighted by atomic mass is 10.0. The summed E-state index contributed by atoms with van der Waals surface area (Å²) in [7, 11) is 0. The van der Waals surface area contributed by atoms with Crippen molar-refractivity contribution in [3.05, 3.63) is 0 Å². The highest BCUT2D eigenvalue weighted by Gasteiger charge is 2.38. The normalized spacial score (nSPS) is 31.6. The van der Waals surface area contributed by atoms with Gasteiger partial charge in [0.1, 0.15) is 0 Å². The lowest BCUT2D eigenvalue weighted by Crippen LogP contribution is -2.42. The molecule has 0 amide bonds. The molecule has 11 heavy (non-hydrogen) atoms. The molecule has 0 aromatic heterocycles. The van der Waals surface area contributed by atoms with Crippen molar-refractivity contribution >= 4 is 0 Å². The van der Waals surface area contributed by atoms with Crippen molar-refractivity contribution in [1.29, 1.82) is 0 Å². The van der Waals surface area contributed by atoms with Crippen molar-refractivity contribution in [3.8, 4) is 0 Å². The number of rotatable bonds is 1. The zero-order chi connectivity index (χ0) is 8.65. The third-order valence-corrected chi connectivity index (χ3v) is 2.54. The van der Waals surface area contributed by atoms with E-state index in [9.17, 15) is 5.11 Å². The molecule has 1 N–H and O–H groups in total. The fourth-order valence-electron chi connectivity index (χ4n) is 2.14. The maximum Gasteiger partial charge on any atom is 0.0684 e. The molecule has 1 aliphatic heterocycles. The average Bonchev–Trinajstić information content (AvgIpc) is 2.04. The van der Waals surface area contributed by atoms with Crippen LogP contribution in [0.5, 0.6) is 0 Å². The molecular formula is C9H19NO. The van der Waals surface area contributed by atoms with Crippen molar-refractivity contribution in [2.75, 3.05) is 6.54 Å². The summed E-state index contributed by atoms with van der Waals surface area (Å²) in [5, 5.41) is 9.44. The summed E-state index contributed by atoms with van der Waals surface area (Å²) in [6.07, 6.45) is 0.790. The van der Waals surface area contributed by atoms with Crippen LogP contribution >= 0.6 is 0 Å². The number of nitrogens with zero attached hydrogens (tertiary/aromatic N) is 1. The van der Waals surface area contributed by atoms with E-state index < -0.39 is 0 Å². The highest BCUT2D eigenvalue weighted by molar-refractivity contribution is 4.94. The fourth-order valence-corrected chi connectivity index (χ4v) is 2.14. The van der Waals surface area contributed by atoms with Crippen LogP contribution in [-0.4, -0.2) is 34.2 Å². The molecular weight excluding hydrogens is 138 g/mol. The van der Waals surface area contributed by atoms with E-state index in [1.165, 1.54) is 0 Å². The second-order valence-electron chi connectivity index (χ2n) is 4.42. The minimum atomic E-state index is -0.118. The van der Waals surface area contributed by atoms with Crippen LogP contribution in [0.2, 0.25) is 0 Å². The number of aliphatic hydroxyl groups excluding tert-OH is 1. The first-order valence-electron chi connectivity index (χ1n) is 4.38. The Kier molecular flexibility index (Phi) is 2.26. The van der Waals surface area contributed by atoms with Crippen LogP contribution in [0.15, 0.2) is 0 Å². The Morgan fingerprint density at radius 1 is 1.45 bits per heavy atom. The molecule has 1 saturated heterocycles. The standard InChI is InChI=1S/C9H19NO/c1-7(2)10-6-8(11)5-9(10,3)4/h7-8,11H,5-6H2,1-4H3. The van der Waals surface area contributed by atoms with Gasteiger partial charge in [0, 0.05) is 18.1 Å². The lowest BCUT2D eigenvalue weighted by molar-refractivity contribution is 0.128. The van der Waals surface area contributed by atoms with E-state index in [-0.39, 0.29) is 11.6 Å². The maximum atomic E-state index is 9.44. The minimum Gasteiger partial charge on any atom is -0.392 e. The Morgan fingerprint density at radius 2 is 2.00 bits per heavy atom. The van der Waals surface area contributed by atoms with Crippen molar-refractivity contribution in [2.45, 2.75) is 51.8 Å². The van der Waals surface area contributed by atoms with Crippen molar-refractivity contribution in [3.63, 3.8) is 0 Å². The van der Waals surface area contributed by atoms with Crippen LogP contribution in [-0.2, 0) is 0 Å². The maximum absolute atomic E-state index is 9.44. The number of hydrogen-bond donors (Lipinski definition) is 1. The molecule has 0 saturated carbocycles. The fraction of sp³-hybridized carbons (Fsp3) is 1.00. The first-order valence-corrected chi connectivity index (χ1v) is 4.38. The average molecular weight is 157 g/mol. The molecule has 1 atom stereocenters. The molecule has 0 aliphatic carbocycles. The Balaban J connectivity index is 2.66. The van der Waals surface area contributed by atoms with Gasteiger partial charge in [-0.3, -0.25) is 4.90 Å².